The predicted octanol–water partition coefficient (Wildman–Crippen LogP) is 2.45. The van der Waals surface area contributed by atoms with Gasteiger partial charge in [0, 0.05) is 24.7 Å². The molecule has 0 spiro atoms. The molecular weight excluding hydrogens is 378 g/mol. The molecule has 0 saturated carbocycles. The van der Waals surface area contributed by atoms with E-state index in [1.807, 2.05) is 12.1 Å². The molecule has 9 heteroatoms. The van der Waals surface area contributed by atoms with E-state index in [0.29, 0.717) is 0 Å². The molecule has 0 unspecified atom stereocenters. The van der Waals surface area contributed by atoms with Crippen LogP contribution in [0, 0.1) is 16.0 Å². The number of benzene rings is 1. The summed E-state index contributed by atoms with van der Waals surface area (Å²) in [5.41, 5.74) is 1.34. The van der Waals surface area contributed by atoms with Gasteiger partial charge in [0.2, 0.25) is 0 Å². The molecule has 2 fully saturated rings. The van der Waals surface area contributed by atoms with Crippen molar-refractivity contribution in [3.63, 3.8) is 0 Å². The van der Waals surface area contributed by atoms with E-state index in [1.54, 1.807) is 12.1 Å². The van der Waals surface area contributed by atoms with Crippen LogP contribution in [0.4, 0.5) is 5.69 Å². The van der Waals surface area contributed by atoms with Gasteiger partial charge in [0.25, 0.3) is 5.69 Å². The zero-order valence-corrected chi connectivity index (χ0v) is 16.7. The van der Waals surface area contributed by atoms with Crippen molar-refractivity contribution in [1.82, 2.24) is 9.80 Å². The maximum atomic E-state index is 10.7. The molecule has 0 amide bonds. The van der Waals surface area contributed by atoms with Gasteiger partial charge in [-0.25, -0.2) is 9.59 Å². The number of carboxylic acids is 2. The van der Waals surface area contributed by atoms with Crippen LogP contribution in [-0.2, 0) is 16.1 Å². The van der Waals surface area contributed by atoms with Crippen molar-refractivity contribution in [1.29, 1.82) is 0 Å². The van der Waals surface area contributed by atoms with Crippen LogP contribution in [0.5, 0.6) is 0 Å². The van der Waals surface area contributed by atoms with Gasteiger partial charge in [0.1, 0.15) is 0 Å². The summed E-state index contributed by atoms with van der Waals surface area (Å²) in [4.78, 5) is 33.7. The molecule has 29 heavy (non-hydrogen) atoms. The number of nitro benzene ring substituents is 1. The van der Waals surface area contributed by atoms with Gasteiger partial charge in [0.05, 0.1) is 4.92 Å². The zero-order chi connectivity index (χ0) is 21.4. The molecule has 1 aromatic rings. The van der Waals surface area contributed by atoms with Gasteiger partial charge in [-0.3, -0.25) is 15.0 Å². The molecule has 0 aliphatic carbocycles. The molecular formula is C20H29N3O6. The highest BCUT2D eigenvalue weighted by Crippen LogP contribution is 2.24. The summed E-state index contributed by atoms with van der Waals surface area (Å²) in [6.07, 6.45) is 5.20. The van der Waals surface area contributed by atoms with E-state index in [2.05, 4.69) is 16.7 Å². The number of likely N-dealkylation sites (tertiary alicyclic amines) is 2. The van der Waals surface area contributed by atoms with Crippen molar-refractivity contribution < 1.29 is 24.7 Å². The molecule has 0 radical (unpaired) electrons. The summed E-state index contributed by atoms with van der Waals surface area (Å²) in [6, 6.07) is 7.75. The number of nitrogens with zero attached hydrogens (tertiary/aromatic N) is 3. The minimum absolute atomic E-state index is 0.173. The lowest BCUT2D eigenvalue weighted by Gasteiger charge is -2.41. The second kappa shape index (κ2) is 10.9. The number of hydrogen-bond acceptors (Lipinski definition) is 6. The van der Waals surface area contributed by atoms with Crippen LogP contribution >= 0.6 is 0 Å². The first-order valence-corrected chi connectivity index (χ1v) is 9.92. The Labute approximate surface area is 170 Å². The highest BCUT2D eigenvalue weighted by molar-refractivity contribution is 6.27. The monoisotopic (exact) mass is 407 g/mol. The largest absolute Gasteiger partial charge is 0.473 e. The van der Waals surface area contributed by atoms with Crippen molar-refractivity contribution in [2.75, 3.05) is 26.2 Å². The molecule has 1 aromatic carbocycles. The molecule has 2 aliphatic heterocycles. The lowest BCUT2D eigenvalue weighted by atomic mass is 9.95. The Kier molecular flexibility index (Phi) is 8.53. The molecule has 9 nitrogen and oxygen atoms in total. The summed E-state index contributed by atoms with van der Waals surface area (Å²) in [6.45, 7) is 8.08. The Morgan fingerprint density at radius 3 is 1.97 bits per heavy atom. The number of aliphatic carboxylic acids is 2. The zero-order valence-electron chi connectivity index (χ0n) is 16.7. The van der Waals surface area contributed by atoms with Crippen LogP contribution in [0.1, 0.15) is 38.2 Å². The number of non-ortho nitro benzene ring substituents is 1. The van der Waals surface area contributed by atoms with Crippen LogP contribution in [-0.4, -0.2) is 69.1 Å². The Morgan fingerprint density at radius 1 is 1.00 bits per heavy atom. The van der Waals surface area contributed by atoms with E-state index in [9.17, 15) is 10.1 Å². The van der Waals surface area contributed by atoms with Gasteiger partial charge < -0.3 is 15.1 Å². The van der Waals surface area contributed by atoms with Gasteiger partial charge in [-0.1, -0.05) is 19.1 Å². The van der Waals surface area contributed by atoms with Crippen LogP contribution in [0.15, 0.2) is 24.3 Å². The third-order valence-electron chi connectivity index (χ3n) is 5.63. The van der Waals surface area contributed by atoms with Crippen LogP contribution in [0.25, 0.3) is 0 Å². The van der Waals surface area contributed by atoms with Gasteiger partial charge in [0.15, 0.2) is 0 Å². The minimum atomic E-state index is -1.82. The van der Waals surface area contributed by atoms with E-state index >= 15 is 0 Å². The minimum Gasteiger partial charge on any atom is -0.473 e. The van der Waals surface area contributed by atoms with E-state index < -0.39 is 11.9 Å². The first kappa shape index (κ1) is 22.8. The topological polar surface area (TPSA) is 124 Å². The fourth-order valence-corrected chi connectivity index (χ4v) is 3.82. The third-order valence-corrected chi connectivity index (χ3v) is 5.63. The Bertz CT molecular complexity index is 681. The van der Waals surface area contributed by atoms with E-state index in [0.717, 1.165) is 31.6 Å². The van der Waals surface area contributed by atoms with Crippen molar-refractivity contribution >= 4 is 17.6 Å². The molecule has 160 valence electrons. The summed E-state index contributed by atoms with van der Waals surface area (Å²) in [5, 5.41) is 25.5. The Balaban J connectivity index is 0.000000438. The number of piperidine rings is 2. The van der Waals surface area contributed by atoms with Crippen LogP contribution < -0.4 is 0 Å². The second-order valence-electron chi connectivity index (χ2n) is 7.76. The highest BCUT2D eigenvalue weighted by Gasteiger charge is 2.27. The standard InChI is InChI=1S/C18H27N3O2.C2H2O4/c1-15-6-12-20(13-7-15)17-8-10-19(11-9-17)14-16-2-4-18(5-3-16)21(22)23;3-1(4)2(5)6/h2-5,15,17H,6-14H2,1H3;(H,3,4)(H,5,6). The van der Waals surface area contributed by atoms with Crippen molar-refractivity contribution in [2.24, 2.45) is 5.92 Å². The Morgan fingerprint density at radius 2 is 1.52 bits per heavy atom. The smallest absolute Gasteiger partial charge is 0.414 e. The fraction of sp³-hybridized carbons (Fsp3) is 0.600. The van der Waals surface area contributed by atoms with E-state index in [-0.39, 0.29) is 10.6 Å². The molecule has 3 rings (SSSR count). The summed E-state index contributed by atoms with van der Waals surface area (Å²) >= 11 is 0. The maximum Gasteiger partial charge on any atom is 0.414 e. The number of nitro groups is 1. The van der Waals surface area contributed by atoms with Crippen molar-refractivity contribution in [3.05, 3.63) is 39.9 Å². The third kappa shape index (κ3) is 7.43. The van der Waals surface area contributed by atoms with Gasteiger partial charge in [-0.2, -0.15) is 0 Å². The highest BCUT2D eigenvalue weighted by atomic mass is 16.6. The number of carboxylic acid groups (broad SMARTS) is 2. The number of carbonyl (C=O) groups is 2. The van der Waals surface area contributed by atoms with Crippen LogP contribution in [0.3, 0.4) is 0 Å². The molecule has 0 bridgehead atoms. The predicted molar refractivity (Wildman–Crippen MR) is 107 cm³/mol. The lowest BCUT2D eigenvalue weighted by molar-refractivity contribution is -0.384. The molecule has 0 atom stereocenters. The maximum absolute atomic E-state index is 10.7. The molecule has 2 aliphatic rings. The first-order valence-electron chi connectivity index (χ1n) is 9.92. The molecule has 2 saturated heterocycles. The molecule has 2 N–H and O–H groups in total. The second-order valence-corrected chi connectivity index (χ2v) is 7.76. The SMILES string of the molecule is CC1CCN(C2CCN(Cc3ccc([N+](=O)[O-])cc3)CC2)CC1.O=C(O)C(=O)O. The molecule has 2 heterocycles. The fourth-order valence-electron chi connectivity index (χ4n) is 3.82. The van der Waals surface area contributed by atoms with E-state index in [1.165, 1.54) is 44.3 Å². The van der Waals surface area contributed by atoms with Gasteiger partial charge in [-0.05, 0) is 63.3 Å². The van der Waals surface area contributed by atoms with Crippen LogP contribution in [0.2, 0.25) is 0 Å². The summed E-state index contributed by atoms with van der Waals surface area (Å²) in [5.74, 6) is -2.75. The lowest BCUT2D eigenvalue weighted by Crippen LogP contribution is -2.47. The first-order chi connectivity index (χ1) is 13.8. The number of hydrogen-bond donors (Lipinski definition) is 2. The van der Waals surface area contributed by atoms with Crippen molar-refractivity contribution in [2.45, 2.75) is 45.2 Å². The Hall–Kier alpha value is -2.52. The molecule has 0 aromatic heterocycles. The van der Waals surface area contributed by atoms with E-state index in [4.69, 9.17) is 19.8 Å². The van der Waals surface area contributed by atoms with Gasteiger partial charge in [-0.15, -0.1) is 0 Å². The summed E-state index contributed by atoms with van der Waals surface area (Å²) in [7, 11) is 0. The normalized spacial score (nSPS) is 19.2. The average Bonchev–Trinajstić information content (AvgIpc) is 2.70. The average molecular weight is 407 g/mol. The van der Waals surface area contributed by atoms with Gasteiger partial charge >= 0.3 is 11.9 Å². The summed E-state index contributed by atoms with van der Waals surface area (Å²) < 4.78 is 0. The number of rotatable bonds is 4. The van der Waals surface area contributed by atoms with Crippen molar-refractivity contribution in [3.8, 4) is 0 Å². The quantitative estimate of drug-likeness (QED) is 0.443.